The lowest BCUT2D eigenvalue weighted by Crippen LogP contribution is -2.29. The van der Waals surface area contributed by atoms with Crippen molar-refractivity contribution in [3.05, 3.63) is 48.2 Å². The van der Waals surface area contributed by atoms with Gasteiger partial charge in [0.1, 0.15) is 5.76 Å². The maximum Gasteiger partial charge on any atom is 0.287 e. The van der Waals surface area contributed by atoms with Gasteiger partial charge in [-0.3, -0.25) is 4.79 Å². The molecule has 0 bridgehead atoms. The Kier molecular flexibility index (Phi) is 3.28. The van der Waals surface area contributed by atoms with Gasteiger partial charge in [-0.2, -0.15) is 0 Å². The molecule has 0 saturated heterocycles. The number of carbonyl (C=O) groups excluding carboxylic acids is 1. The summed E-state index contributed by atoms with van der Waals surface area (Å²) in [5.41, 5.74) is 0.969. The van der Waals surface area contributed by atoms with Crippen molar-refractivity contribution in [2.75, 3.05) is 0 Å². The number of benzene rings is 1. The van der Waals surface area contributed by atoms with E-state index in [2.05, 4.69) is 5.32 Å². The summed E-state index contributed by atoms with van der Waals surface area (Å²) in [6.07, 6.45) is 0. The van der Waals surface area contributed by atoms with Crippen molar-refractivity contribution < 1.29 is 9.21 Å². The lowest BCUT2D eigenvalue weighted by atomic mass is 10.2. The zero-order valence-corrected chi connectivity index (χ0v) is 9.94. The third-order valence-electron chi connectivity index (χ3n) is 2.31. The van der Waals surface area contributed by atoms with Gasteiger partial charge >= 0.3 is 0 Å². The summed E-state index contributed by atoms with van der Waals surface area (Å²) in [4.78, 5) is 11.7. The Labute approximate surface area is 100 Å². The number of nitrogens with one attached hydrogen (secondary N) is 1. The SMILES string of the molecule is CC(C)NC(=O)c1ccc(-c2ccccc2)o1. The minimum atomic E-state index is -0.179. The molecule has 0 aliphatic carbocycles. The molecule has 3 heteroatoms. The van der Waals surface area contributed by atoms with Crippen molar-refractivity contribution >= 4 is 5.91 Å². The number of hydrogen-bond donors (Lipinski definition) is 1. The minimum absolute atomic E-state index is 0.104. The van der Waals surface area contributed by atoms with Crippen LogP contribution in [0, 0.1) is 0 Å². The van der Waals surface area contributed by atoms with E-state index in [9.17, 15) is 4.79 Å². The van der Waals surface area contributed by atoms with Crippen LogP contribution in [0.25, 0.3) is 11.3 Å². The summed E-state index contributed by atoms with van der Waals surface area (Å²) in [5.74, 6) is 0.874. The molecular formula is C14H15NO2. The van der Waals surface area contributed by atoms with Crippen molar-refractivity contribution in [3.63, 3.8) is 0 Å². The molecule has 1 N–H and O–H groups in total. The Hall–Kier alpha value is -2.03. The largest absolute Gasteiger partial charge is 0.451 e. The van der Waals surface area contributed by atoms with Crippen LogP contribution in [-0.4, -0.2) is 11.9 Å². The highest BCUT2D eigenvalue weighted by atomic mass is 16.3. The van der Waals surface area contributed by atoms with E-state index in [0.717, 1.165) is 5.56 Å². The molecule has 0 unspecified atom stereocenters. The van der Waals surface area contributed by atoms with E-state index >= 15 is 0 Å². The highest BCUT2D eigenvalue weighted by Crippen LogP contribution is 2.21. The molecule has 1 heterocycles. The van der Waals surface area contributed by atoms with E-state index < -0.39 is 0 Å². The predicted molar refractivity (Wildman–Crippen MR) is 66.7 cm³/mol. The second kappa shape index (κ2) is 4.87. The maximum absolute atomic E-state index is 11.7. The molecule has 1 aromatic carbocycles. The first kappa shape index (κ1) is 11.5. The molecule has 17 heavy (non-hydrogen) atoms. The number of furan rings is 1. The first-order valence-corrected chi connectivity index (χ1v) is 5.63. The Bertz CT molecular complexity index is 500. The van der Waals surface area contributed by atoms with E-state index in [1.54, 1.807) is 6.07 Å². The zero-order valence-electron chi connectivity index (χ0n) is 9.94. The molecule has 1 amide bonds. The van der Waals surface area contributed by atoms with E-state index in [1.807, 2.05) is 50.2 Å². The van der Waals surface area contributed by atoms with Crippen molar-refractivity contribution in [1.29, 1.82) is 0 Å². The molecule has 0 atom stereocenters. The zero-order chi connectivity index (χ0) is 12.3. The van der Waals surface area contributed by atoms with Crippen LogP contribution in [0.15, 0.2) is 46.9 Å². The Morgan fingerprint density at radius 3 is 2.47 bits per heavy atom. The van der Waals surface area contributed by atoms with E-state index in [-0.39, 0.29) is 11.9 Å². The molecule has 0 saturated carbocycles. The lowest BCUT2D eigenvalue weighted by Gasteiger charge is -2.05. The van der Waals surface area contributed by atoms with Crippen molar-refractivity contribution in [2.24, 2.45) is 0 Å². The van der Waals surface area contributed by atoms with Gasteiger partial charge < -0.3 is 9.73 Å². The third-order valence-corrected chi connectivity index (χ3v) is 2.31. The Balaban J connectivity index is 2.19. The summed E-state index contributed by atoms with van der Waals surface area (Å²) in [5, 5.41) is 2.79. The number of rotatable bonds is 3. The maximum atomic E-state index is 11.7. The van der Waals surface area contributed by atoms with Crippen LogP contribution in [0.4, 0.5) is 0 Å². The topological polar surface area (TPSA) is 42.2 Å². The highest BCUT2D eigenvalue weighted by Gasteiger charge is 2.12. The van der Waals surface area contributed by atoms with Gasteiger partial charge in [0.25, 0.3) is 5.91 Å². The summed E-state index contributed by atoms with van der Waals surface area (Å²) in [7, 11) is 0. The second-order valence-corrected chi connectivity index (χ2v) is 4.16. The van der Waals surface area contributed by atoms with Crippen LogP contribution in [0.3, 0.4) is 0 Å². The molecule has 0 fully saturated rings. The van der Waals surface area contributed by atoms with E-state index in [4.69, 9.17) is 4.42 Å². The van der Waals surface area contributed by atoms with Gasteiger partial charge in [0.05, 0.1) is 0 Å². The van der Waals surface area contributed by atoms with Crippen LogP contribution in [-0.2, 0) is 0 Å². The quantitative estimate of drug-likeness (QED) is 0.878. The van der Waals surface area contributed by atoms with Crippen LogP contribution in [0.1, 0.15) is 24.4 Å². The summed E-state index contributed by atoms with van der Waals surface area (Å²) >= 11 is 0. The van der Waals surface area contributed by atoms with Gasteiger partial charge in [-0.1, -0.05) is 30.3 Å². The molecule has 0 aliphatic heterocycles. The van der Waals surface area contributed by atoms with Gasteiger partial charge in [0, 0.05) is 11.6 Å². The molecule has 0 radical (unpaired) electrons. The highest BCUT2D eigenvalue weighted by molar-refractivity contribution is 5.92. The monoisotopic (exact) mass is 229 g/mol. The van der Waals surface area contributed by atoms with Gasteiger partial charge in [-0.15, -0.1) is 0 Å². The number of carbonyl (C=O) groups is 1. The summed E-state index contributed by atoms with van der Waals surface area (Å²) < 4.78 is 5.52. The minimum Gasteiger partial charge on any atom is -0.451 e. The standard InChI is InChI=1S/C14H15NO2/c1-10(2)15-14(16)13-9-8-12(17-13)11-6-4-3-5-7-11/h3-10H,1-2H3,(H,15,16). The molecule has 2 rings (SSSR count). The van der Waals surface area contributed by atoms with Crippen molar-refractivity contribution in [2.45, 2.75) is 19.9 Å². The van der Waals surface area contributed by atoms with E-state index in [1.165, 1.54) is 0 Å². The predicted octanol–water partition coefficient (Wildman–Crippen LogP) is 3.08. The van der Waals surface area contributed by atoms with Crippen LogP contribution < -0.4 is 5.32 Å². The molecule has 0 spiro atoms. The van der Waals surface area contributed by atoms with Crippen LogP contribution in [0.5, 0.6) is 0 Å². The van der Waals surface area contributed by atoms with Crippen LogP contribution >= 0.6 is 0 Å². The summed E-state index contributed by atoms with van der Waals surface area (Å²) in [6.45, 7) is 3.83. The smallest absolute Gasteiger partial charge is 0.287 e. The molecular weight excluding hydrogens is 214 g/mol. The average molecular weight is 229 g/mol. The fourth-order valence-corrected chi connectivity index (χ4v) is 1.55. The van der Waals surface area contributed by atoms with Crippen molar-refractivity contribution in [3.8, 4) is 11.3 Å². The summed E-state index contributed by atoms with van der Waals surface area (Å²) in [6, 6.07) is 13.3. The molecule has 2 aromatic rings. The first-order valence-electron chi connectivity index (χ1n) is 5.63. The fraction of sp³-hybridized carbons (Fsp3) is 0.214. The average Bonchev–Trinajstić information content (AvgIpc) is 2.78. The Morgan fingerprint density at radius 1 is 1.12 bits per heavy atom. The molecule has 0 aliphatic rings. The lowest BCUT2D eigenvalue weighted by molar-refractivity contribution is 0.0916. The van der Waals surface area contributed by atoms with Gasteiger partial charge in [0.2, 0.25) is 0 Å². The third kappa shape index (κ3) is 2.75. The molecule has 3 nitrogen and oxygen atoms in total. The Morgan fingerprint density at radius 2 is 1.82 bits per heavy atom. The fourth-order valence-electron chi connectivity index (χ4n) is 1.55. The number of amides is 1. The molecule has 88 valence electrons. The van der Waals surface area contributed by atoms with Crippen LogP contribution in [0.2, 0.25) is 0 Å². The normalized spacial score (nSPS) is 10.5. The molecule has 1 aromatic heterocycles. The van der Waals surface area contributed by atoms with Crippen molar-refractivity contribution in [1.82, 2.24) is 5.32 Å². The first-order chi connectivity index (χ1) is 8.16. The second-order valence-electron chi connectivity index (χ2n) is 4.16. The number of hydrogen-bond acceptors (Lipinski definition) is 2. The van der Waals surface area contributed by atoms with Gasteiger partial charge in [-0.25, -0.2) is 0 Å². The van der Waals surface area contributed by atoms with Gasteiger partial charge in [0.15, 0.2) is 5.76 Å². The van der Waals surface area contributed by atoms with Gasteiger partial charge in [-0.05, 0) is 26.0 Å². The van der Waals surface area contributed by atoms with E-state index in [0.29, 0.717) is 11.5 Å².